The Morgan fingerprint density at radius 3 is 2.80 bits per heavy atom. The number of likely N-dealkylation sites (tertiary alicyclic amines) is 1. The first-order valence-corrected chi connectivity index (χ1v) is 11.0. The normalized spacial score (nSPS) is 18.6. The molecule has 2 aromatic rings. The van der Waals surface area contributed by atoms with Crippen LogP contribution in [0.15, 0.2) is 36.5 Å². The largest absolute Gasteiger partial charge is 0.326 e. The monoisotopic (exact) mass is 426 g/mol. The number of anilines is 2. The van der Waals surface area contributed by atoms with Crippen LogP contribution >= 0.6 is 11.6 Å². The van der Waals surface area contributed by atoms with Crippen molar-refractivity contribution in [2.24, 2.45) is 5.92 Å². The smallest absolute Gasteiger partial charge is 0.229 e. The fraction of sp³-hybridized carbons (Fsp3) is 0.435. The van der Waals surface area contributed by atoms with Gasteiger partial charge in [0.25, 0.3) is 0 Å². The number of carbonyl (C=O) groups excluding carboxylic acids is 2. The quantitative estimate of drug-likeness (QED) is 0.734. The molecule has 1 aliphatic heterocycles. The van der Waals surface area contributed by atoms with Gasteiger partial charge in [0.05, 0.1) is 10.9 Å². The Morgan fingerprint density at radius 2 is 1.97 bits per heavy atom. The molecule has 2 heterocycles. The first-order valence-electron chi connectivity index (χ1n) is 10.6. The van der Waals surface area contributed by atoms with E-state index in [1.54, 1.807) is 12.1 Å². The molecule has 1 aromatic heterocycles. The van der Waals surface area contributed by atoms with Crippen LogP contribution in [0.3, 0.4) is 0 Å². The highest BCUT2D eigenvalue weighted by Crippen LogP contribution is 2.25. The Kier molecular flexibility index (Phi) is 6.65. The average Bonchev–Trinajstić information content (AvgIpc) is 3.22. The number of hydrogen-bond donors (Lipinski definition) is 2. The Labute approximate surface area is 182 Å². The SMILES string of the molecule is O=C(CCN1CCCC(C(=O)Nc2ccc(Cl)cn2)C1)Nc1ccc2c(c1)CCC2. The van der Waals surface area contributed by atoms with Crippen molar-refractivity contribution in [2.75, 3.05) is 30.3 Å². The number of amides is 2. The van der Waals surface area contributed by atoms with Crippen LogP contribution in [0.4, 0.5) is 11.5 Å². The predicted molar refractivity (Wildman–Crippen MR) is 119 cm³/mol. The number of hydrogen-bond acceptors (Lipinski definition) is 4. The third-order valence-electron chi connectivity index (χ3n) is 5.89. The van der Waals surface area contributed by atoms with Crippen LogP contribution in [-0.2, 0) is 22.4 Å². The number of benzene rings is 1. The lowest BCUT2D eigenvalue weighted by Gasteiger charge is -2.31. The molecule has 2 amide bonds. The lowest BCUT2D eigenvalue weighted by molar-refractivity contribution is -0.121. The van der Waals surface area contributed by atoms with Gasteiger partial charge in [-0.15, -0.1) is 0 Å². The van der Waals surface area contributed by atoms with Crippen molar-refractivity contribution in [3.05, 3.63) is 52.7 Å². The van der Waals surface area contributed by atoms with Gasteiger partial charge in [-0.3, -0.25) is 9.59 Å². The first-order chi connectivity index (χ1) is 14.6. The number of aryl methyl sites for hydroxylation is 2. The summed E-state index contributed by atoms with van der Waals surface area (Å²) in [6.07, 6.45) is 7.16. The minimum Gasteiger partial charge on any atom is -0.326 e. The van der Waals surface area contributed by atoms with E-state index in [0.717, 1.165) is 37.9 Å². The number of carbonyl (C=O) groups is 2. The molecule has 1 atom stereocenters. The highest BCUT2D eigenvalue weighted by Gasteiger charge is 2.26. The summed E-state index contributed by atoms with van der Waals surface area (Å²) in [7, 11) is 0. The van der Waals surface area contributed by atoms with E-state index in [0.29, 0.717) is 30.4 Å². The Morgan fingerprint density at radius 1 is 1.10 bits per heavy atom. The van der Waals surface area contributed by atoms with Crippen molar-refractivity contribution in [1.82, 2.24) is 9.88 Å². The fourth-order valence-corrected chi connectivity index (χ4v) is 4.40. The molecular formula is C23H27ClN4O2. The topological polar surface area (TPSA) is 74.3 Å². The predicted octanol–water partition coefficient (Wildman–Crippen LogP) is 3.90. The second kappa shape index (κ2) is 9.58. The summed E-state index contributed by atoms with van der Waals surface area (Å²) >= 11 is 5.84. The van der Waals surface area contributed by atoms with Crippen LogP contribution in [-0.4, -0.2) is 41.3 Å². The van der Waals surface area contributed by atoms with Crippen molar-refractivity contribution in [2.45, 2.75) is 38.5 Å². The van der Waals surface area contributed by atoms with E-state index in [9.17, 15) is 9.59 Å². The molecule has 6 nitrogen and oxygen atoms in total. The fourth-order valence-electron chi connectivity index (χ4n) is 4.28. The van der Waals surface area contributed by atoms with E-state index in [1.807, 2.05) is 6.07 Å². The number of pyridine rings is 1. The van der Waals surface area contributed by atoms with E-state index >= 15 is 0 Å². The van der Waals surface area contributed by atoms with Gasteiger partial charge in [0, 0.05) is 31.4 Å². The second-order valence-corrected chi connectivity index (χ2v) is 8.56. The van der Waals surface area contributed by atoms with Gasteiger partial charge in [-0.25, -0.2) is 4.98 Å². The summed E-state index contributed by atoms with van der Waals surface area (Å²) < 4.78 is 0. The molecule has 1 aliphatic carbocycles. The van der Waals surface area contributed by atoms with Crippen LogP contribution in [0.25, 0.3) is 0 Å². The first kappa shape index (κ1) is 20.8. The van der Waals surface area contributed by atoms with E-state index < -0.39 is 0 Å². The zero-order chi connectivity index (χ0) is 20.9. The van der Waals surface area contributed by atoms with Crippen LogP contribution in [0, 0.1) is 5.92 Å². The molecule has 1 unspecified atom stereocenters. The zero-order valence-corrected chi connectivity index (χ0v) is 17.8. The molecule has 1 saturated heterocycles. The van der Waals surface area contributed by atoms with Crippen molar-refractivity contribution < 1.29 is 9.59 Å². The van der Waals surface area contributed by atoms with Crippen molar-refractivity contribution >= 4 is 34.9 Å². The molecular weight excluding hydrogens is 400 g/mol. The maximum absolute atomic E-state index is 12.6. The molecule has 1 aromatic carbocycles. The Balaban J connectivity index is 1.24. The molecule has 158 valence electrons. The Bertz CT molecular complexity index is 916. The molecule has 2 N–H and O–H groups in total. The summed E-state index contributed by atoms with van der Waals surface area (Å²) in [4.78, 5) is 31.3. The molecule has 4 rings (SSSR count). The molecule has 0 spiro atoms. The van der Waals surface area contributed by atoms with Gasteiger partial charge >= 0.3 is 0 Å². The maximum Gasteiger partial charge on any atom is 0.229 e. The number of piperidine rings is 1. The molecule has 7 heteroatoms. The van der Waals surface area contributed by atoms with E-state index in [2.05, 4.69) is 32.7 Å². The summed E-state index contributed by atoms with van der Waals surface area (Å²) in [5, 5.41) is 6.42. The lowest BCUT2D eigenvalue weighted by Crippen LogP contribution is -2.41. The highest BCUT2D eigenvalue weighted by molar-refractivity contribution is 6.30. The third-order valence-corrected chi connectivity index (χ3v) is 6.12. The van der Waals surface area contributed by atoms with Gasteiger partial charge in [-0.2, -0.15) is 0 Å². The molecule has 0 bridgehead atoms. The molecule has 0 saturated carbocycles. The highest BCUT2D eigenvalue weighted by atomic mass is 35.5. The minimum atomic E-state index is -0.101. The van der Waals surface area contributed by atoms with Crippen molar-refractivity contribution in [1.29, 1.82) is 0 Å². The number of rotatable bonds is 6. The van der Waals surface area contributed by atoms with Gasteiger partial charge in [0.1, 0.15) is 5.82 Å². The Hall–Kier alpha value is -2.44. The maximum atomic E-state index is 12.6. The van der Waals surface area contributed by atoms with E-state index in [4.69, 9.17) is 11.6 Å². The van der Waals surface area contributed by atoms with Crippen LogP contribution in [0.2, 0.25) is 5.02 Å². The van der Waals surface area contributed by atoms with Gasteiger partial charge in [0.2, 0.25) is 11.8 Å². The van der Waals surface area contributed by atoms with Crippen molar-refractivity contribution in [3.8, 4) is 0 Å². The second-order valence-electron chi connectivity index (χ2n) is 8.13. The average molecular weight is 427 g/mol. The number of nitrogens with zero attached hydrogens (tertiary/aromatic N) is 2. The van der Waals surface area contributed by atoms with E-state index in [1.165, 1.54) is 23.7 Å². The zero-order valence-electron chi connectivity index (χ0n) is 17.0. The van der Waals surface area contributed by atoms with Gasteiger partial charge < -0.3 is 15.5 Å². The number of aromatic nitrogens is 1. The van der Waals surface area contributed by atoms with Gasteiger partial charge in [0.15, 0.2) is 0 Å². The summed E-state index contributed by atoms with van der Waals surface area (Å²) in [6, 6.07) is 9.63. The van der Waals surface area contributed by atoms with Gasteiger partial charge in [-0.1, -0.05) is 17.7 Å². The van der Waals surface area contributed by atoms with Crippen LogP contribution in [0.5, 0.6) is 0 Å². The number of fused-ring (bicyclic) bond motifs is 1. The standard InChI is InChI=1S/C23H27ClN4O2/c24-19-7-9-21(25-14-19)27-23(30)18-5-2-11-28(15-18)12-10-22(29)26-20-8-6-16-3-1-4-17(16)13-20/h6-9,13-14,18H,1-5,10-12,15H2,(H,26,29)(H,25,27,30). The lowest BCUT2D eigenvalue weighted by atomic mass is 9.97. The number of halogens is 1. The van der Waals surface area contributed by atoms with Gasteiger partial charge in [-0.05, 0) is 74.0 Å². The number of nitrogens with one attached hydrogen (secondary N) is 2. The van der Waals surface area contributed by atoms with Crippen molar-refractivity contribution in [3.63, 3.8) is 0 Å². The third kappa shape index (κ3) is 5.37. The van der Waals surface area contributed by atoms with Crippen LogP contribution in [0.1, 0.15) is 36.8 Å². The summed E-state index contributed by atoms with van der Waals surface area (Å²) in [6.45, 7) is 2.22. The molecule has 30 heavy (non-hydrogen) atoms. The minimum absolute atomic E-state index is 0.0184. The van der Waals surface area contributed by atoms with E-state index in [-0.39, 0.29) is 17.7 Å². The molecule has 0 radical (unpaired) electrons. The molecule has 1 fully saturated rings. The van der Waals surface area contributed by atoms with Crippen LogP contribution < -0.4 is 10.6 Å². The summed E-state index contributed by atoms with van der Waals surface area (Å²) in [5.41, 5.74) is 3.64. The summed E-state index contributed by atoms with van der Waals surface area (Å²) in [5.74, 6) is 0.397. The molecule has 2 aliphatic rings.